The number of halogens is 2. The maximum Gasteiger partial charge on any atom is 0.156 e. The minimum atomic E-state index is -0.426. The predicted octanol–water partition coefficient (Wildman–Crippen LogP) is 3.42. The van der Waals surface area contributed by atoms with E-state index in [0.717, 1.165) is 31.3 Å². The van der Waals surface area contributed by atoms with E-state index in [0.29, 0.717) is 33.5 Å². The average molecular weight is 352 g/mol. The molecule has 0 aliphatic carbocycles. The predicted molar refractivity (Wildman–Crippen MR) is 91.3 cm³/mol. The van der Waals surface area contributed by atoms with E-state index in [9.17, 15) is 4.39 Å². The molecule has 130 valence electrons. The van der Waals surface area contributed by atoms with E-state index >= 15 is 4.39 Å². The van der Waals surface area contributed by atoms with Gasteiger partial charge >= 0.3 is 0 Å². The van der Waals surface area contributed by atoms with E-state index in [1.165, 1.54) is 6.07 Å². The fourth-order valence-corrected chi connectivity index (χ4v) is 3.60. The Morgan fingerprint density at radius 3 is 2.85 bits per heavy atom. The summed E-state index contributed by atoms with van der Waals surface area (Å²) in [6.45, 7) is 2.39. The monoisotopic (exact) mass is 352 g/mol. The molecule has 0 unspecified atom stereocenters. The van der Waals surface area contributed by atoms with Crippen molar-refractivity contribution in [1.82, 2.24) is 29.9 Å². The first-order valence-corrected chi connectivity index (χ1v) is 8.34. The SMILES string of the molecule is Cc1nc2[nH]ncc2c(-c2c(-c3ccc(F)cn3)nn3c2CCC3)c1F. The van der Waals surface area contributed by atoms with E-state index in [1.807, 2.05) is 4.68 Å². The van der Waals surface area contributed by atoms with Gasteiger partial charge in [-0.25, -0.2) is 13.8 Å². The minimum Gasteiger partial charge on any atom is -0.268 e. The second kappa shape index (κ2) is 5.42. The van der Waals surface area contributed by atoms with Crippen LogP contribution in [0.4, 0.5) is 8.78 Å². The molecule has 0 radical (unpaired) electrons. The van der Waals surface area contributed by atoms with E-state index in [4.69, 9.17) is 0 Å². The van der Waals surface area contributed by atoms with Gasteiger partial charge in [-0.2, -0.15) is 10.2 Å². The van der Waals surface area contributed by atoms with Gasteiger partial charge in [0.2, 0.25) is 0 Å². The normalized spacial score (nSPS) is 13.5. The van der Waals surface area contributed by atoms with Crippen LogP contribution in [0, 0.1) is 18.6 Å². The van der Waals surface area contributed by atoms with Crippen molar-refractivity contribution in [2.24, 2.45) is 0 Å². The molecule has 5 heterocycles. The molecule has 0 atom stereocenters. The van der Waals surface area contributed by atoms with Gasteiger partial charge < -0.3 is 0 Å². The minimum absolute atomic E-state index is 0.285. The van der Waals surface area contributed by atoms with E-state index in [1.54, 1.807) is 19.2 Å². The van der Waals surface area contributed by atoms with Crippen LogP contribution in [-0.2, 0) is 13.0 Å². The lowest BCUT2D eigenvalue weighted by atomic mass is 9.97. The Bertz CT molecular complexity index is 1140. The lowest BCUT2D eigenvalue weighted by Gasteiger charge is -2.09. The van der Waals surface area contributed by atoms with Gasteiger partial charge in [0.25, 0.3) is 0 Å². The number of nitrogens with zero attached hydrogens (tertiary/aromatic N) is 5. The van der Waals surface area contributed by atoms with E-state index in [-0.39, 0.29) is 5.69 Å². The molecule has 0 saturated carbocycles. The van der Waals surface area contributed by atoms with Gasteiger partial charge in [-0.05, 0) is 31.9 Å². The van der Waals surface area contributed by atoms with Crippen molar-refractivity contribution in [2.45, 2.75) is 26.3 Å². The van der Waals surface area contributed by atoms with Crippen LogP contribution >= 0.6 is 0 Å². The maximum atomic E-state index is 15.2. The zero-order valence-corrected chi connectivity index (χ0v) is 13.9. The molecule has 8 heteroatoms. The number of rotatable bonds is 2. The number of aromatic nitrogens is 6. The van der Waals surface area contributed by atoms with Crippen molar-refractivity contribution in [1.29, 1.82) is 0 Å². The quantitative estimate of drug-likeness (QED) is 0.600. The largest absolute Gasteiger partial charge is 0.268 e. The number of hydrogen-bond donors (Lipinski definition) is 1. The van der Waals surface area contributed by atoms with Gasteiger partial charge in [-0.3, -0.25) is 14.8 Å². The van der Waals surface area contributed by atoms with Crippen LogP contribution in [0.1, 0.15) is 17.8 Å². The van der Waals surface area contributed by atoms with Crippen LogP contribution in [0.5, 0.6) is 0 Å². The summed E-state index contributed by atoms with van der Waals surface area (Å²) in [7, 11) is 0. The van der Waals surface area contributed by atoms with Gasteiger partial charge in [-0.1, -0.05) is 0 Å². The summed E-state index contributed by atoms with van der Waals surface area (Å²) in [6, 6.07) is 2.90. The average Bonchev–Trinajstić information content (AvgIpc) is 3.33. The molecular formula is C18H14F2N6. The molecule has 4 aromatic rings. The van der Waals surface area contributed by atoms with Crippen LogP contribution in [0.25, 0.3) is 33.5 Å². The summed E-state index contributed by atoms with van der Waals surface area (Å²) < 4.78 is 30.4. The van der Waals surface area contributed by atoms with Crippen LogP contribution in [0.2, 0.25) is 0 Å². The molecular weight excluding hydrogens is 338 g/mol. The van der Waals surface area contributed by atoms with Gasteiger partial charge in [0.15, 0.2) is 11.5 Å². The van der Waals surface area contributed by atoms with Crippen LogP contribution in [0.15, 0.2) is 24.5 Å². The molecule has 6 nitrogen and oxygen atoms in total. The number of fused-ring (bicyclic) bond motifs is 2. The Labute approximate surface area is 146 Å². The van der Waals surface area contributed by atoms with Crippen LogP contribution in [-0.4, -0.2) is 29.9 Å². The number of hydrogen-bond acceptors (Lipinski definition) is 4. The molecule has 0 spiro atoms. The highest BCUT2D eigenvalue weighted by molar-refractivity contribution is 5.97. The Hall–Kier alpha value is -3.16. The molecule has 0 fully saturated rings. The first-order valence-electron chi connectivity index (χ1n) is 8.34. The molecule has 1 aliphatic rings. The van der Waals surface area contributed by atoms with Gasteiger partial charge in [0.05, 0.1) is 23.8 Å². The number of aromatic amines is 1. The summed E-state index contributed by atoms with van der Waals surface area (Å²) >= 11 is 0. The van der Waals surface area contributed by atoms with E-state index < -0.39 is 11.6 Å². The molecule has 1 N–H and O–H groups in total. The van der Waals surface area contributed by atoms with E-state index in [2.05, 4.69) is 25.3 Å². The zero-order chi connectivity index (χ0) is 17.8. The van der Waals surface area contributed by atoms with Crippen LogP contribution in [0.3, 0.4) is 0 Å². The Kier molecular flexibility index (Phi) is 3.15. The summed E-state index contributed by atoms with van der Waals surface area (Å²) in [5, 5.41) is 12.1. The standard InChI is InChI=1S/C18H14F2N6/c1-9-16(20)14(11-8-22-24-18(11)23-9)15-13-3-2-6-26(13)25-17(15)12-5-4-10(19)7-21-12/h4-5,7-8H,2-3,6H2,1H3,(H,22,23,24). The maximum absolute atomic E-state index is 15.2. The number of H-pyrrole nitrogens is 1. The Balaban J connectivity index is 1.87. The molecule has 0 amide bonds. The van der Waals surface area contributed by atoms with Gasteiger partial charge in [0.1, 0.15) is 11.5 Å². The summed E-state index contributed by atoms with van der Waals surface area (Å²) in [5.41, 5.74) is 3.93. The highest BCUT2D eigenvalue weighted by Gasteiger charge is 2.29. The van der Waals surface area contributed by atoms with Gasteiger partial charge in [-0.15, -0.1) is 0 Å². The van der Waals surface area contributed by atoms with Crippen molar-refractivity contribution in [2.75, 3.05) is 0 Å². The second-order valence-corrected chi connectivity index (χ2v) is 6.38. The van der Waals surface area contributed by atoms with Crippen molar-refractivity contribution in [3.63, 3.8) is 0 Å². The fourth-order valence-electron chi connectivity index (χ4n) is 3.60. The van der Waals surface area contributed by atoms with Crippen molar-refractivity contribution >= 4 is 11.0 Å². The Morgan fingerprint density at radius 2 is 2.04 bits per heavy atom. The summed E-state index contributed by atoms with van der Waals surface area (Å²) in [6.07, 6.45) is 4.46. The smallest absolute Gasteiger partial charge is 0.156 e. The molecule has 0 saturated heterocycles. The fraction of sp³-hybridized carbons (Fsp3) is 0.222. The number of nitrogens with one attached hydrogen (secondary N) is 1. The molecule has 0 bridgehead atoms. The first-order chi connectivity index (χ1) is 12.6. The topological polar surface area (TPSA) is 72.3 Å². The molecule has 26 heavy (non-hydrogen) atoms. The lowest BCUT2D eigenvalue weighted by Crippen LogP contribution is -1.97. The Morgan fingerprint density at radius 1 is 1.15 bits per heavy atom. The van der Waals surface area contributed by atoms with Crippen molar-refractivity contribution in [3.8, 4) is 22.5 Å². The lowest BCUT2D eigenvalue weighted by molar-refractivity contribution is 0.616. The highest BCUT2D eigenvalue weighted by Crippen LogP contribution is 2.41. The van der Waals surface area contributed by atoms with Crippen molar-refractivity contribution < 1.29 is 8.78 Å². The molecule has 4 aromatic heterocycles. The van der Waals surface area contributed by atoms with Crippen molar-refractivity contribution in [3.05, 3.63) is 47.5 Å². The third kappa shape index (κ3) is 2.08. The molecule has 0 aromatic carbocycles. The molecule has 5 rings (SSSR count). The van der Waals surface area contributed by atoms with Gasteiger partial charge in [0, 0.05) is 28.8 Å². The number of pyridine rings is 2. The third-order valence-electron chi connectivity index (χ3n) is 4.77. The molecule has 1 aliphatic heterocycles. The highest BCUT2D eigenvalue weighted by atomic mass is 19.1. The number of aryl methyl sites for hydroxylation is 2. The first kappa shape index (κ1) is 15.1. The summed E-state index contributed by atoms with van der Waals surface area (Å²) in [5.74, 6) is -0.824. The second-order valence-electron chi connectivity index (χ2n) is 6.38. The zero-order valence-electron chi connectivity index (χ0n) is 13.9. The third-order valence-corrected chi connectivity index (χ3v) is 4.77. The van der Waals surface area contributed by atoms with Crippen LogP contribution < -0.4 is 0 Å². The summed E-state index contributed by atoms with van der Waals surface area (Å²) in [4.78, 5) is 8.38.